The van der Waals surface area contributed by atoms with Crippen molar-refractivity contribution in [2.24, 2.45) is 0 Å². The summed E-state index contributed by atoms with van der Waals surface area (Å²) in [6.07, 6.45) is 0.703. The monoisotopic (exact) mass is 208 g/mol. The zero-order valence-corrected chi connectivity index (χ0v) is 8.83. The number of thiol groups is 1. The minimum atomic E-state index is -0.224. The van der Waals surface area contributed by atoms with Crippen LogP contribution in [0.15, 0.2) is 24.3 Å². The van der Waals surface area contributed by atoms with E-state index >= 15 is 0 Å². The zero-order valence-electron chi connectivity index (χ0n) is 7.93. The first-order valence-corrected chi connectivity index (χ1v) is 5.23. The fourth-order valence-corrected chi connectivity index (χ4v) is 2.21. The normalized spacial score (nSPS) is 25.4. The van der Waals surface area contributed by atoms with E-state index in [9.17, 15) is 4.79 Å². The first-order valence-electron chi connectivity index (χ1n) is 4.72. The highest BCUT2D eigenvalue weighted by Crippen LogP contribution is 2.35. The predicted octanol–water partition coefficient (Wildman–Crippen LogP) is 2.61. The highest BCUT2D eigenvalue weighted by Gasteiger charge is 2.31. The van der Waals surface area contributed by atoms with Crippen molar-refractivity contribution < 1.29 is 9.53 Å². The molecule has 0 spiro atoms. The molecule has 1 aromatic carbocycles. The smallest absolute Gasteiger partial charge is 0.338 e. The van der Waals surface area contributed by atoms with Crippen LogP contribution in [0.1, 0.15) is 34.5 Å². The summed E-state index contributed by atoms with van der Waals surface area (Å²) in [5.41, 5.74) is 1.64. The summed E-state index contributed by atoms with van der Waals surface area (Å²) in [6, 6.07) is 7.49. The number of hydrogen-bond acceptors (Lipinski definition) is 3. The van der Waals surface area contributed by atoms with Gasteiger partial charge in [0.05, 0.1) is 10.8 Å². The molecule has 1 heterocycles. The van der Waals surface area contributed by atoms with Crippen LogP contribution in [-0.2, 0) is 4.74 Å². The first-order chi connectivity index (χ1) is 6.74. The lowest BCUT2D eigenvalue weighted by molar-refractivity contribution is 0.0242. The lowest BCUT2D eigenvalue weighted by atomic mass is 9.97. The molecule has 2 nitrogen and oxygen atoms in total. The van der Waals surface area contributed by atoms with Gasteiger partial charge in [0.2, 0.25) is 0 Å². The van der Waals surface area contributed by atoms with E-state index in [0.29, 0.717) is 5.56 Å². The van der Waals surface area contributed by atoms with Crippen LogP contribution in [-0.4, -0.2) is 12.1 Å². The molecule has 0 saturated carbocycles. The minimum Gasteiger partial charge on any atom is -0.457 e. The molecule has 1 aliphatic rings. The molecule has 1 aromatic rings. The molecule has 0 amide bonds. The number of benzene rings is 1. The predicted molar refractivity (Wildman–Crippen MR) is 57.7 cm³/mol. The SMILES string of the molecule is CC[C@H]1OC(=O)c2ccccc2[C@@H]1S. The van der Waals surface area contributed by atoms with Crippen molar-refractivity contribution in [1.29, 1.82) is 0 Å². The Bertz CT molecular complexity index is 362. The molecule has 74 valence electrons. The molecule has 2 rings (SSSR count). The topological polar surface area (TPSA) is 26.3 Å². The molecule has 3 heteroatoms. The minimum absolute atomic E-state index is 0.00824. The van der Waals surface area contributed by atoms with Gasteiger partial charge >= 0.3 is 5.97 Å². The maximum atomic E-state index is 11.5. The Morgan fingerprint density at radius 3 is 2.86 bits per heavy atom. The molecule has 1 aliphatic heterocycles. The Morgan fingerprint density at radius 1 is 1.43 bits per heavy atom. The van der Waals surface area contributed by atoms with Gasteiger partial charge in [-0.05, 0) is 18.1 Å². The number of carbonyl (C=O) groups excluding carboxylic acids is 1. The molecule has 0 N–H and O–H groups in total. The lowest BCUT2D eigenvalue weighted by Crippen LogP contribution is -2.29. The van der Waals surface area contributed by atoms with Crippen LogP contribution < -0.4 is 0 Å². The second kappa shape index (κ2) is 3.65. The number of fused-ring (bicyclic) bond motifs is 1. The average molecular weight is 208 g/mol. The highest BCUT2D eigenvalue weighted by molar-refractivity contribution is 7.80. The van der Waals surface area contributed by atoms with Crippen molar-refractivity contribution in [2.45, 2.75) is 24.7 Å². The van der Waals surface area contributed by atoms with E-state index in [-0.39, 0.29) is 17.3 Å². The summed E-state index contributed by atoms with van der Waals surface area (Å²) in [7, 11) is 0. The highest BCUT2D eigenvalue weighted by atomic mass is 32.1. The van der Waals surface area contributed by atoms with E-state index in [0.717, 1.165) is 12.0 Å². The van der Waals surface area contributed by atoms with E-state index in [1.807, 2.05) is 25.1 Å². The van der Waals surface area contributed by atoms with Crippen molar-refractivity contribution in [3.05, 3.63) is 35.4 Å². The summed E-state index contributed by atoms with van der Waals surface area (Å²) in [5, 5.41) is 0.00824. The standard InChI is InChI=1S/C11H12O2S/c1-2-9-10(14)7-5-3-4-6-8(7)11(12)13-9/h3-6,9-10,14H,2H2,1H3/t9-,10+/m1/s1. The van der Waals surface area contributed by atoms with Crippen molar-refractivity contribution in [1.82, 2.24) is 0 Å². The third-order valence-corrected chi connectivity index (χ3v) is 3.12. The summed E-state index contributed by atoms with van der Waals surface area (Å²) in [6.45, 7) is 2.00. The third kappa shape index (κ3) is 1.42. The van der Waals surface area contributed by atoms with Crippen LogP contribution in [0, 0.1) is 0 Å². The number of carbonyl (C=O) groups is 1. The molecule has 2 atom stereocenters. The van der Waals surface area contributed by atoms with Gasteiger partial charge in [-0.15, -0.1) is 0 Å². The number of rotatable bonds is 1. The van der Waals surface area contributed by atoms with Crippen LogP contribution in [0.5, 0.6) is 0 Å². The summed E-state index contributed by atoms with van der Waals surface area (Å²) in [5.74, 6) is -0.224. The average Bonchev–Trinajstić information content (AvgIpc) is 2.23. The largest absolute Gasteiger partial charge is 0.457 e. The molecule has 0 saturated heterocycles. The molecule has 0 aliphatic carbocycles. The second-order valence-electron chi connectivity index (χ2n) is 3.38. The zero-order chi connectivity index (χ0) is 10.1. The van der Waals surface area contributed by atoms with Crippen LogP contribution in [0.3, 0.4) is 0 Å². The molecule has 0 radical (unpaired) electrons. The Kier molecular flexibility index (Phi) is 2.50. The molecule has 14 heavy (non-hydrogen) atoms. The maximum Gasteiger partial charge on any atom is 0.338 e. The first kappa shape index (κ1) is 9.59. The number of hydrogen-bond donors (Lipinski definition) is 1. The van der Waals surface area contributed by atoms with Gasteiger partial charge in [0.15, 0.2) is 0 Å². The van der Waals surface area contributed by atoms with Crippen LogP contribution in [0.2, 0.25) is 0 Å². The van der Waals surface area contributed by atoms with Gasteiger partial charge in [-0.25, -0.2) is 4.79 Å². The Balaban J connectivity index is 2.46. The van der Waals surface area contributed by atoms with Gasteiger partial charge in [0, 0.05) is 0 Å². The molecular weight excluding hydrogens is 196 g/mol. The molecule has 0 aromatic heterocycles. The van der Waals surface area contributed by atoms with Gasteiger partial charge in [-0.3, -0.25) is 0 Å². The second-order valence-corrected chi connectivity index (χ2v) is 3.94. The van der Waals surface area contributed by atoms with Crippen molar-refractivity contribution >= 4 is 18.6 Å². The number of ether oxygens (including phenoxy) is 1. The van der Waals surface area contributed by atoms with Crippen LogP contribution in [0.4, 0.5) is 0 Å². The van der Waals surface area contributed by atoms with E-state index in [2.05, 4.69) is 12.6 Å². The van der Waals surface area contributed by atoms with Crippen LogP contribution in [0.25, 0.3) is 0 Å². The van der Waals surface area contributed by atoms with E-state index < -0.39 is 0 Å². The molecule has 0 bridgehead atoms. The Labute approximate surface area is 88.7 Å². The van der Waals surface area contributed by atoms with E-state index in [1.165, 1.54) is 0 Å². The van der Waals surface area contributed by atoms with Gasteiger partial charge < -0.3 is 4.74 Å². The van der Waals surface area contributed by atoms with Gasteiger partial charge in [-0.1, -0.05) is 25.1 Å². The fourth-order valence-electron chi connectivity index (χ4n) is 1.71. The maximum absolute atomic E-state index is 11.5. The van der Waals surface area contributed by atoms with Gasteiger partial charge in [0.1, 0.15) is 6.10 Å². The van der Waals surface area contributed by atoms with E-state index in [1.54, 1.807) is 6.07 Å². The summed E-state index contributed by atoms with van der Waals surface area (Å²) >= 11 is 4.48. The molecular formula is C11H12O2S. The van der Waals surface area contributed by atoms with E-state index in [4.69, 9.17) is 4.74 Å². The third-order valence-electron chi connectivity index (χ3n) is 2.51. The van der Waals surface area contributed by atoms with Gasteiger partial charge in [-0.2, -0.15) is 12.6 Å². The fraction of sp³-hybridized carbons (Fsp3) is 0.364. The Hall–Kier alpha value is -0.960. The van der Waals surface area contributed by atoms with Crippen molar-refractivity contribution in [3.8, 4) is 0 Å². The number of esters is 1. The van der Waals surface area contributed by atoms with Crippen molar-refractivity contribution in [3.63, 3.8) is 0 Å². The summed E-state index contributed by atoms with van der Waals surface area (Å²) < 4.78 is 5.26. The Morgan fingerprint density at radius 2 is 2.14 bits per heavy atom. The molecule has 0 unspecified atom stereocenters. The molecule has 0 fully saturated rings. The van der Waals surface area contributed by atoms with Crippen molar-refractivity contribution in [2.75, 3.05) is 0 Å². The number of cyclic esters (lactones) is 1. The summed E-state index contributed by atoms with van der Waals surface area (Å²) in [4.78, 5) is 11.5. The quantitative estimate of drug-likeness (QED) is 0.567. The lowest BCUT2D eigenvalue weighted by Gasteiger charge is -2.29. The van der Waals surface area contributed by atoms with Crippen LogP contribution >= 0.6 is 12.6 Å². The van der Waals surface area contributed by atoms with Gasteiger partial charge in [0.25, 0.3) is 0 Å².